The van der Waals surface area contributed by atoms with Crippen LogP contribution in [0.3, 0.4) is 0 Å². The van der Waals surface area contributed by atoms with Gasteiger partial charge in [-0.2, -0.15) is 0 Å². The fourth-order valence-electron chi connectivity index (χ4n) is 4.53. The lowest BCUT2D eigenvalue weighted by atomic mass is 9.80. The van der Waals surface area contributed by atoms with Gasteiger partial charge in [-0.1, -0.05) is 67.8 Å². The van der Waals surface area contributed by atoms with Crippen molar-refractivity contribution in [3.05, 3.63) is 65.7 Å². The number of carbonyl (C=O) groups excluding carboxylic acids is 1. The van der Waals surface area contributed by atoms with Gasteiger partial charge >= 0.3 is 11.9 Å². The Morgan fingerprint density at radius 1 is 0.967 bits per heavy atom. The summed E-state index contributed by atoms with van der Waals surface area (Å²) in [6.45, 7) is 4.05. The molecule has 1 aliphatic carbocycles. The average molecular weight is 402 g/mol. The summed E-state index contributed by atoms with van der Waals surface area (Å²) in [6.07, 6.45) is 4.12. The van der Waals surface area contributed by atoms with Gasteiger partial charge in [0.25, 0.3) is 0 Å². The lowest BCUT2D eigenvalue weighted by Crippen LogP contribution is -2.29. The van der Waals surface area contributed by atoms with Gasteiger partial charge < -0.3 is 9.84 Å². The number of ether oxygens (including phenoxy) is 1. The van der Waals surface area contributed by atoms with E-state index in [1.165, 1.54) is 0 Å². The van der Waals surface area contributed by atoms with Crippen LogP contribution in [0.15, 0.2) is 54.6 Å². The fraction of sp³-hybridized carbons (Fsp3) is 0.308. The molecular formula is C26H26O4. The summed E-state index contributed by atoms with van der Waals surface area (Å²) in [5.41, 5.74) is 2.59. The number of benzene rings is 3. The second-order valence-electron chi connectivity index (χ2n) is 8.30. The predicted molar refractivity (Wildman–Crippen MR) is 118 cm³/mol. The minimum atomic E-state index is -0.979. The SMILES string of the molecule is Cc1ccc(C(=O)O)c(-c2cccc3cccc(OC(=O)C4CCCCC4C)c23)c1. The van der Waals surface area contributed by atoms with Crippen molar-refractivity contribution in [3.8, 4) is 16.9 Å². The molecule has 2 atom stereocenters. The van der Waals surface area contributed by atoms with Crippen molar-refractivity contribution in [2.24, 2.45) is 11.8 Å². The summed E-state index contributed by atoms with van der Waals surface area (Å²) in [5.74, 6) is -0.450. The van der Waals surface area contributed by atoms with Gasteiger partial charge in [-0.15, -0.1) is 0 Å². The van der Waals surface area contributed by atoms with Crippen molar-refractivity contribution in [3.63, 3.8) is 0 Å². The Kier molecular flexibility index (Phi) is 5.58. The van der Waals surface area contributed by atoms with Crippen molar-refractivity contribution < 1.29 is 19.4 Å². The summed E-state index contributed by atoms with van der Waals surface area (Å²) < 4.78 is 5.94. The maximum absolute atomic E-state index is 13.0. The monoisotopic (exact) mass is 402 g/mol. The number of carbonyl (C=O) groups is 2. The number of hydrogen-bond acceptors (Lipinski definition) is 3. The number of esters is 1. The Bertz CT molecular complexity index is 1110. The molecule has 4 nitrogen and oxygen atoms in total. The maximum Gasteiger partial charge on any atom is 0.336 e. The quantitative estimate of drug-likeness (QED) is 0.414. The largest absolute Gasteiger partial charge is 0.478 e. The van der Waals surface area contributed by atoms with Crippen LogP contribution in [0.25, 0.3) is 21.9 Å². The van der Waals surface area contributed by atoms with Gasteiger partial charge in [0.2, 0.25) is 0 Å². The third-order valence-corrected chi connectivity index (χ3v) is 6.19. The number of rotatable bonds is 4. The second-order valence-corrected chi connectivity index (χ2v) is 8.30. The highest BCUT2D eigenvalue weighted by Gasteiger charge is 2.30. The predicted octanol–water partition coefficient (Wildman–Crippen LogP) is 6.25. The topological polar surface area (TPSA) is 63.6 Å². The van der Waals surface area contributed by atoms with Crippen LogP contribution in [0.5, 0.6) is 5.75 Å². The summed E-state index contributed by atoms with van der Waals surface area (Å²) in [6, 6.07) is 16.7. The molecule has 4 rings (SSSR count). The van der Waals surface area contributed by atoms with E-state index in [1.807, 2.05) is 43.3 Å². The Morgan fingerprint density at radius 2 is 1.70 bits per heavy atom. The molecule has 0 heterocycles. The van der Waals surface area contributed by atoms with Crippen LogP contribution in [0.2, 0.25) is 0 Å². The third kappa shape index (κ3) is 3.82. The van der Waals surface area contributed by atoms with Gasteiger partial charge in [-0.05, 0) is 54.3 Å². The molecule has 4 heteroatoms. The van der Waals surface area contributed by atoms with Gasteiger partial charge in [-0.25, -0.2) is 4.79 Å². The summed E-state index contributed by atoms with van der Waals surface area (Å²) in [5, 5.41) is 11.4. The minimum absolute atomic E-state index is 0.0882. The molecule has 1 fully saturated rings. The van der Waals surface area contributed by atoms with Crippen LogP contribution in [-0.4, -0.2) is 17.0 Å². The standard InChI is InChI=1S/C26H26O4/c1-16-13-14-21(25(27)28)22(15-16)20-11-5-8-18-9-6-12-23(24(18)20)30-26(29)19-10-4-3-7-17(19)2/h5-6,8-9,11-15,17,19H,3-4,7,10H2,1-2H3,(H,27,28). The third-order valence-electron chi connectivity index (χ3n) is 6.19. The molecule has 0 aromatic heterocycles. The van der Waals surface area contributed by atoms with Crippen LogP contribution < -0.4 is 4.74 Å². The average Bonchev–Trinajstić information content (AvgIpc) is 2.73. The molecule has 0 radical (unpaired) electrons. The Labute approximate surface area is 176 Å². The van der Waals surface area contributed by atoms with Crippen LogP contribution in [0, 0.1) is 18.8 Å². The number of aryl methyl sites for hydroxylation is 1. The lowest BCUT2D eigenvalue weighted by Gasteiger charge is -2.27. The van der Waals surface area contributed by atoms with Crippen LogP contribution in [-0.2, 0) is 4.79 Å². The van der Waals surface area contributed by atoms with Gasteiger partial charge in [0.15, 0.2) is 0 Å². The molecule has 0 aliphatic heterocycles. The number of fused-ring (bicyclic) bond motifs is 1. The van der Waals surface area contributed by atoms with Crippen LogP contribution in [0.1, 0.15) is 48.5 Å². The molecular weight excluding hydrogens is 376 g/mol. The molecule has 154 valence electrons. The second kappa shape index (κ2) is 8.31. The molecule has 3 aromatic rings. The van der Waals surface area contributed by atoms with E-state index in [9.17, 15) is 14.7 Å². The molecule has 0 amide bonds. The van der Waals surface area contributed by atoms with E-state index >= 15 is 0 Å². The highest BCUT2D eigenvalue weighted by Crippen LogP contribution is 2.38. The summed E-state index contributed by atoms with van der Waals surface area (Å²) in [4.78, 5) is 24.8. The molecule has 0 spiro atoms. The first-order chi connectivity index (χ1) is 14.5. The zero-order chi connectivity index (χ0) is 21.3. The summed E-state index contributed by atoms with van der Waals surface area (Å²) >= 11 is 0. The van der Waals surface area contributed by atoms with E-state index in [0.717, 1.165) is 47.6 Å². The van der Waals surface area contributed by atoms with Gasteiger partial charge in [0.1, 0.15) is 5.75 Å². The fourth-order valence-corrected chi connectivity index (χ4v) is 4.53. The lowest BCUT2D eigenvalue weighted by molar-refractivity contribution is -0.141. The highest BCUT2D eigenvalue weighted by molar-refractivity contribution is 6.06. The van der Waals surface area contributed by atoms with Crippen molar-refractivity contribution >= 4 is 22.7 Å². The maximum atomic E-state index is 13.0. The highest BCUT2D eigenvalue weighted by atomic mass is 16.5. The van der Waals surface area contributed by atoms with Gasteiger partial charge in [0.05, 0.1) is 11.5 Å². The Balaban J connectivity index is 1.83. The zero-order valence-corrected chi connectivity index (χ0v) is 17.4. The van der Waals surface area contributed by atoms with E-state index in [4.69, 9.17) is 4.74 Å². The molecule has 0 saturated heterocycles. The first-order valence-electron chi connectivity index (χ1n) is 10.5. The van der Waals surface area contributed by atoms with Gasteiger partial charge in [0, 0.05) is 5.39 Å². The van der Waals surface area contributed by atoms with E-state index < -0.39 is 5.97 Å². The van der Waals surface area contributed by atoms with E-state index in [-0.39, 0.29) is 17.5 Å². The first-order valence-corrected chi connectivity index (χ1v) is 10.5. The van der Waals surface area contributed by atoms with Crippen molar-refractivity contribution in [2.45, 2.75) is 39.5 Å². The van der Waals surface area contributed by atoms with Crippen molar-refractivity contribution in [2.75, 3.05) is 0 Å². The minimum Gasteiger partial charge on any atom is -0.478 e. The molecule has 1 saturated carbocycles. The molecule has 3 aromatic carbocycles. The van der Waals surface area contributed by atoms with E-state index in [1.54, 1.807) is 18.2 Å². The molecule has 0 bridgehead atoms. The number of hydrogen-bond donors (Lipinski definition) is 1. The number of carboxylic acid groups (broad SMARTS) is 1. The Morgan fingerprint density at radius 3 is 2.43 bits per heavy atom. The smallest absolute Gasteiger partial charge is 0.336 e. The van der Waals surface area contributed by atoms with E-state index in [0.29, 0.717) is 17.2 Å². The molecule has 30 heavy (non-hydrogen) atoms. The molecule has 2 unspecified atom stereocenters. The molecule has 1 aliphatic rings. The van der Waals surface area contributed by atoms with E-state index in [2.05, 4.69) is 6.92 Å². The Hall–Kier alpha value is -3.14. The van der Waals surface area contributed by atoms with Crippen molar-refractivity contribution in [1.29, 1.82) is 0 Å². The number of carboxylic acids is 1. The number of aromatic carboxylic acids is 1. The van der Waals surface area contributed by atoms with Crippen LogP contribution in [0.4, 0.5) is 0 Å². The van der Waals surface area contributed by atoms with Crippen LogP contribution >= 0.6 is 0 Å². The zero-order valence-electron chi connectivity index (χ0n) is 17.4. The normalized spacial score (nSPS) is 18.9. The first kappa shape index (κ1) is 20.1. The van der Waals surface area contributed by atoms with Gasteiger partial charge in [-0.3, -0.25) is 4.79 Å². The molecule has 1 N–H and O–H groups in total. The van der Waals surface area contributed by atoms with Crippen molar-refractivity contribution in [1.82, 2.24) is 0 Å². The summed E-state index contributed by atoms with van der Waals surface area (Å²) in [7, 11) is 0.